The molecule has 1 heterocycles. The van der Waals surface area contributed by atoms with Gasteiger partial charge in [0.1, 0.15) is 0 Å². The Hall–Kier alpha value is -2.68. The molecule has 0 aliphatic rings. The third-order valence-electron chi connectivity index (χ3n) is 2.98. The number of carbonyl (C=O) groups is 1. The number of nitrogens with one attached hydrogen (secondary N) is 2. The maximum Gasteiger partial charge on any atom is 0.418 e. The number of aromatic nitrogens is 2. The van der Waals surface area contributed by atoms with Crippen molar-refractivity contribution in [2.75, 3.05) is 30.9 Å². The molecule has 2 aromatic rings. The first-order valence-corrected chi connectivity index (χ1v) is 6.94. The Morgan fingerprint density at radius 3 is 2.50 bits per heavy atom. The monoisotopic (exact) mass is 340 g/mol. The average molecular weight is 340 g/mol. The summed E-state index contributed by atoms with van der Waals surface area (Å²) in [6.45, 7) is 0.945. The van der Waals surface area contributed by atoms with Gasteiger partial charge in [-0.05, 0) is 12.1 Å². The third kappa shape index (κ3) is 4.66. The highest BCUT2D eigenvalue weighted by molar-refractivity contribution is 6.04. The van der Waals surface area contributed by atoms with Gasteiger partial charge in [0.2, 0.25) is 5.95 Å². The van der Waals surface area contributed by atoms with E-state index < -0.39 is 17.6 Å². The summed E-state index contributed by atoms with van der Waals surface area (Å²) in [6, 6.07) is 4.74. The molecule has 9 heteroatoms. The molecule has 6 nitrogen and oxygen atoms in total. The van der Waals surface area contributed by atoms with Gasteiger partial charge >= 0.3 is 6.18 Å². The van der Waals surface area contributed by atoms with Crippen molar-refractivity contribution in [1.29, 1.82) is 0 Å². The van der Waals surface area contributed by atoms with Crippen molar-refractivity contribution in [2.24, 2.45) is 0 Å². The molecule has 1 aromatic heterocycles. The van der Waals surface area contributed by atoms with Crippen molar-refractivity contribution < 1.29 is 22.7 Å². The van der Waals surface area contributed by atoms with E-state index in [1.165, 1.54) is 30.6 Å². The second-order valence-corrected chi connectivity index (χ2v) is 4.71. The van der Waals surface area contributed by atoms with Gasteiger partial charge in [-0.1, -0.05) is 12.1 Å². The Bertz CT molecular complexity index is 690. The second-order valence-electron chi connectivity index (χ2n) is 4.71. The predicted molar refractivity (Wildman–Crippen MR) is 81.8 cm³/mol. The number of hydrogen-bond acceptors (Lipinski definition) is 5. The van der Waals surface area contributed by atoms with E-state index in [1.54, 1.807) is 7.11 Å². The summed E-state index contributed by atoms with van der Waals surface area (Å²) in [7, 11) is 1.55. The normalized spacial score (nSPS) is 11.2. The first kappa shape index (κ1) is 17.7. The zero-order chi connectivity index (χ0) is 17.6. The highest BCUT2D eigenvalue weighted by atomic mass is 19.4. The number of rotatable bonds is 6. The molecule has 0 atom stereocenters. The van der Waals surface area contributed by atoms with Gasteiger partial charge in [0, 0.05) is 26.0 Å². The summed E-state index contributed by atoms with van der Waals surface area (Å²) in [5.74, 6) is -0.436. The van der Waals surface area contributed by atoms with Gasteiger partial charge < -0.3 is 15.4 Å². The van der Waals surface area contributed by atoms with Crippen molar-refractivity contribution in [1.82, 2.24) is 9.97 Å². The van der Waals surface area contributed by atoms with Crippen LogP contribution in [0.4, 0.5) is 24.8 Å². The lowest BCUT2D eigenvalue weighted by Crippen LogP contribution is -2.17. The lowest BCUT2D eigenvalue weighted by Gasteiger charge is -2.13. The molecule has 24 heavy (non-hydrogen) atoms. The first-order valence-electron chi connectivity index (χ1n) is 6.94. The van der Waals surface area contributed by atoms with E-state index in [4.69, 9.17) is 4.74 Å². The van der Waals surface area contributed by atoms with E-state index in [1.807, 2.05) is 0 Å². The van der Waals surface area contributed by atoms with Gasteiger partial charge in [0.05, 0.1) is 23.4 Å². The highest BCUT2D eigenvalue weighted by Gasteiger charge is 2.33. The van der Waals surface area contributed by atoms with Gasteiger partial charge in [-0.15, -0.1) is 0 Å². The van der Waals surface area contributed by atoms with E-state index >= 15 is 0 Å². The molecule has 0 bridgehead atoms. The van der Waals surface area contributed by atoms with Crippen LogP contribution in [-0.4, -0.2) is 36.1 Å². The third-order valence-corrected chi connectivity index (χ3v) is 2.98. The first-order chi connectivity index (χ1) is 11.4. The molecule has 2 rings (SSSR count). The van der Waals surface area contributed by atoms with Gasteiger partial charge in [-0.25, -0.2) is 9.97 Å². The molecule has 0 fully saturated rings. The van der Waals surface area contributed by atoms with E-state index in [-0.39, 0.29) is 11.3 Å². The molecule has 1 amide bonds. The highest BCUT2D eigenvalue weighted by Crippen LogP contribution is 2.34. The molecule has 1 aromatic carbocycles. The Balaban J connectivity index is 2.08. The zero-order valence-corrected chi connectivity index (χ0v) is 12.7. The number of anilines is 2. The van der Waals surface area contributed by atoms with Gasteiger partial charge in [-0.2, -0.15) is 13.2 Å². The van der Waals surface area contributed by atoms with Crippen LogP contribution in [0.1, 0.15) is 15.9 Å². The summed E-state index contributed by atoms with van der Waals surface area (Å²) in [5, 5.41) is 5.09. The van der Waals surface area contributed by atoms with Crippen molar-refractivity contribution in [2.45, 2.75) is 6.18 Å². The van der Waals surface area contributed by atoms with E-state index in [0.29, 0.717) is 19.1 Å². The fourth-order valence-corrected chi connectivity index (χ4v) is 1.84. The Labute approximate surface area is 136 Å². The van der Waals surface area contributed by atoms with E-state index in [0.717, 1.165) is 6.07 Å². The molecule has 0 saturated heterocycles. The maximum atomic E-state index is 12.9. The lowest BCUT2D eigenvalue weighted by atomic mass is 10.1. The van der Waals surface area contributed by atoms with Crippen molar-refractivity contribution in [3.8, 4) is 0 Å². The van der Waals surface area contributed by atoms with Gasteiger partial charge in [0.15, 0.2) is 0 Å². The van der Waals surface area contributed by atoms with Crippen molar-refractivity contribution in [3.05, 3.63) is 47.8 Å². The van der Waals surface area contributed by atoms with Crippen LogP contribution in [-0.2, 0) is 10.9 Å². The van der Waals surface area contributed by atoms with Crippen LogP contribution in [0.3, 0.4) is 0 Å². The van der Waals surface area contributed by atoms with Crippen LogP contribution in [0.5, 0.6) is 0 Å². The van der Waals surface area contributed by atoms with Gasteiger partial charge in [0.25, 0.3) is 5.91 Å². The summed E-state index contributed by atoms with van der Waals surface area (Å²) in [4.78, 5) is 19.9. The number of alkyl halides is 3. The predicted octanol–water partition coefficient (Wildman–Crippen LogP) is 2.81. The molecule has 2 N–H and O–H groups in total. The fourth-order valence-electron chi connectivity index (χ4n) is 1.84. The van der Waals surface area contributed by atoms with Gasteiger partial charge in [-0.3, -0.25) is 4.79 Å². The molecule has 0 aliphatic carbocycles. The maximum absolute atomic E-state index is 12.9. The van der Waals surface area contributed by atoms with Crippen molar-refractivity contribution in [3.63, 3.8) is 0 Å². The second kappa shape index (κ2) is 7.73. The van der Waals surface area contributed by atoms with Crippen LogP contribution in [0.2, 0.25) is 0 Å². The number of ether oxygens (including phenoxy) is 1. The van der Waals surface area contributed by atoms with Crippen LogP contribution < -0.4 is 10.6 Å². The summed E-state index contributed by atoms with van der Waals surface area (Å²) >= 11 is 0. The minimum absolute atomic E-state index is 0.0456. The number of methoxy groups -OCH3 is 1. The number of carbonyl (C=O) groups excluding carboxylic acids is 1. The number of amides is 1. The summed E-state index contributed by atoms with van der Waals surface area (Å²) < 4.78 is 43.6. The minimum atomic E-state index is -4.56. The van der Waals surface area contributed by atoms with E-state index in [2.05, 4.69) is 20.6 Å². The van der Waals surface area contributed by atoms with Crippen LogP contribution in [0.15, 0.2) is 36.7 Å². The number of hydrogen-bond donors (Lipinski definition) is 2. The SMILES string of the molecule is COCCNc1ncc(C(=O)Nc2ccccc2C(F)(F)F)cn1. The standard InChI is InChI=1S/C15H15F3N4O2/c1-24-7-6-19-14-20-8-10(9-21-14)13(23)22-12-5-3-2-4-11(12)15(16,17)18/h2-5,8-9H,6-7H2,1H3,(H,22,23)(H,19,20,21). The molecular formula is C15H15F3N4O2. The topological polar surface area (TPSA) is 76.1 Å². The summed E-state index contributed by atoms with van der Waals surface area (Å²) in [6.07, 6.45) is -2.10. The average Bonchev–Trinajstić information content (AvgIpc) is 2.55. The smallest absolute Gasteiger partial charge is 0.383 e. The Kier molecular flexibility index (Phi) is 5.69. The molecule has 0 radical (unpaired) electrons. The molecule has 0 spiro atoms. The largest absolute Gasteiger partial charge is 0.418 e. The van der Waals surface area contributed by atoms with Crippen LogP contribution in [0.25, 0.3) is 0 Å². The van der Waals surface area contributed by atoms with Crippen molar-refractivity contribution >= 4 is 17.5 Å². The molecular weight excluding hydrogens is 325 g/mol. The fraction of sp³-hybridized carbons (Fsp3) is 0.267. The number of para-hydroxylation sites is 1. The van der Waals surface area contributed by atoms with E-state index in [9.17, 15) is 18.0 Å². The quantitative estimate of drug-likeness (QED) is 0.791. The molecule has 128 valence electrons. The minimum Gasteiger partial charge on any atom is -0.383 e. The summed E-state index contributed by atoms with van der Waals surface area (Å²) in [5.41, 5.74) is -1.20. The number of halogens is 3. The Morgan fingerprint density at radius 2 is 1.88 bits per heavy atom. The number of nitrogens with zero attached hydrogens (tertiary/aromatic N) is 2. The molecule has 0 unspecified atom stereocenters. The molecule has 0 aliphatic heterocycles. The lowest BCUT2D eigenvalue weighted by molar-refractivity contribution is -0.136. The Morgan fingerprint density at radius 1 is 1.21 bits per heavy atom. The van der Waals surface area contributed by atoms with Crippen LogP contribution >= 0.6 is 0 Å². The molecule has 0 saturated carbocycles. The number of benzene rings is 1. The zero-order valence-electron chi connectivity index (χ0n) is 12.7. The van der Waals surface area contributed by atoms with Crippen LogP contribution in [0, 0.1) is 0 Å².